The number of amides is 1. The van der Waals surface area contributed by atoms with E-state index < -0.39 is 16.5 Å². The number of carbonyl (C=O) groups is 1. The summed E-state index contributed by atoms with van der Waals surface area (Å²) in [5.74, 6) is 0.110. The molecule has 1 amide bonds. The molecule has 1 unspecified atom stereocenters. The fourth-order valence-corrected chi connectivity index (χ4v) is 4.52. The van der Waals surface area contributed by atoms with Crippen LogP contribution < -0.4 is 11.1 Å². The monoisotopic (exact) mass is 385 g/mol. The average Bonchev–Trinajstić information content (AvgIpc) is 3.30. The topological polar surface area (TPSA) is 137 Å². The van der Waals surface area contributed by atoms with Crippen LogP contribution in [-0.2, 0) is 0 Å². The number of rotatable bonds is 6. The van der Waals surface area contributed by atoms with Gasteiger partial charge in [-0.1, -0.05) is 0 Å². The number of hydrogen-bond acceptors (Lipinski definition) is 6. The maximum absolute atomic E-state index is 11.9. The Morgan fingerprint density at radius 3 is 2.93 bits per heavy atom. The lowest BCUT2D eigenvalue weighted by atomic mass is 10.1. The van der Waals surface area contributed by atoms with Crippen LogP contribution >= 0.6 is 10.6 Å². The first-order valence-corrected chi connectivity index (χ1v) is 10.1. The second kappa shape index (κ2) is 6.42. The summed E-state index contributed by atoms with van der Waals surface area (Å²) in [4.78, 5) is 12.3. The number of fused-ring (bicyclic) bond motifs is 1. The molecule has 2 heterocycles. The van der Waals surface area contributed by atoms with Crippen LogP contribution in [-0.4, -0.2) is 24.8 Å². The van der Waals surface area contributed by atoms with Gasteiger partial charge in [-0.05, 0) is 43.0 Å². The Labute approximate surface area is 157 Å². The standard InChI is InChI=1S/C18H19N5O3S/c19-7-5-15(11-1-2-11)23-10-14(17(20)24)18(22-23)21-13-3-4-16-12(9-13)6-8-27(16,25)26/h3-4,6,8-11,15,25-26H,1-2,5H2,(H2,20,24)(H,21,22). The van der Waals surface area contributed by atoms with Crippen molar-refractivity contribution in [1.82, 2.24) is 9.78 Å². The second-order valence-electron chi connectivity index (χ2n) is 6.78. The maximum atomic E-state index is 11.9. The van der Waals surface area contributed by atoms with Crippen molar-refractivity contribution in [3.63, 3.8) is 0 Å². The minimum atomic E-state index is -2.87. The number of primary amides is 1. The van der Waals surface area contributed by atoms with Gasteiger partial charge in [0.1, 0.15) is 5.56 Å². The summed E-state index contributed by atoms with van der Waals surface area (Å²) in [6, 6.07) is 7.19. The van der Waals surface area contributed by atoms with E-state index in [1.807, 2.05) is 0 Å². The van der Waals surface area contributed by atoms with Crippen LogP contribution in [0.25, 0.3) is 6.08 Å². The van der Waals surface area contributed by atoms with Crippen LogP contribution in [0, 0.1) is 17.2 Å². The van der Waals surface area contributed by atoms with E-state index in [4.69, 9.17) is 11.0 Å². The van der Waals surface area contributed by atoms with E-state index >= 15 is 0 Å². The third kappa shape index (κ3) is 3.30. The van der Waals surface area contributed by atoms with Crippen molar-refractivity contribution in [2.45, 2.75) is 30.2 Å². The molecule has 5 N–H and O–H groups in total. The minimum Gasteiger partial charge on any atom is -0.365 e. The molecule has 4 rings (SSSR count). The first-order valence-electron chi connectivity index (χ1n) is 8.52. The highest BCUT2D eigenvalue weighted by molar-refractivity contribution is 8.27. The zero-order valence-corrected chi connectivity index (χ0v) is 15.2. The molecule has 2 aliphatic rings. The Kier molecular flexibility index (Phi) is 4.19. The highest BCUT2D eigenvalue weighted by Crippen LogP contribution is 2.56. The lowest BCUT2D eigenvalue weighted by Crippen LogP contribution is -2.12. The van der Waals surface area contributed by atoms with Crippen molar-refractivity contribution in [3.05, 3.63) is 40.9 Å². The highest BCUT2D eigenvalue weighted by Gasteiger charge is 2.34. The van der Waals surface area contributed by atoms with Gasteiger partial charge < -0.3 is 11.1 Å². The SMILES string of the molecule is N#CCC(C1CC1)n1cc(C(N)=O)c(Nc2ccc3c(c2)C=CS3(O)O)n1. The molecule has 9 heteroatoms. The van der Waals surface area contributed by atoms with Crippen molar-refractivity contribution in [3.8, 4) is 6.07 Å². The van der Waals surface area contributed by atoms with Crippen LogP contribution in [0.5, 0.6) is 0 Å². The van der Waals surface area contributed by atoms with Crippen LogP contribution in [0.3, 0.4) is 0 Å². The Balaban J connectivity index is 1.65. The smallest absolute Gasteiger partial charge is 0.254 e. The maximum Gasteiger partial charge on any atom is 0.254 e. The number of nitrogens with zero attached hydrogens (tertiary/aromatic N) is 3. The van der Waals surface area contributed by atoms with E-state index in [2.05, 4.69) is 16.5 Å². The molecule has 2 aromatic rings. The number of benzene rings is 1. The molecule has 1 aliphatic carbocycles. The molecule has 1 aromatic carbocycles. The van der Waals surface area contributed by atoms with Crippen molar-refractivity contribution < 1.29 is 13.9 Å². The van der Waals surface area contributed by atoms with Crippen molar-refractivity contribution in [2.75, 3.05) is 5.32 Å². The molecule has 140 valence electrons. The van der Waals surface area contributed by atoms with Gasteiger partial charge in [0.2, 0.25) is 0 Å². The predicted molar refractivity (Wildman–Crippen MR) is 103 cm³/mol. The highest BCUT2D eigenvalue weighted by atomic mass is 32.3. The average molecular weight is 385 g/mol. The van der Waals surface area contributed by atoms with Gasteiger partial charge in [0.25, 0.3) is 5.91 Å². The molecule has 1 saturated carbocycles. The van der Waals surface area contributed by atoms with Gasteiger partial charge in [0.15, 0.2) is 5.82 Å². The molecule has 0 radical (unpaired) electrons. The van der Waals surface area contributed by atoms with Gasteiger partial charge in [0.05, 0.1) is 23.4 Å². The van der Waals surface area contributed by atoms with Crippen molar-refractivity contribution >= 4 is 34.1 Å². The Morgan fingerprint density at radius 1 is 1.48 bits per heavy atom. The lowest BCUT2D eigenvalue weighted by molar-refractivity contribution is 0.100. The Morgan fingerprint density at radius 2 is 2.26 bits per heavy atom. The molecular weight excluding hydrogens is 366 g/mol. The zero-order valence-electron chi connectivity index (χ0n) is 14.4. The molecule has 1 fully saturated rings. The summed E-state index contributed by atoms with van der Waals surface area (Å²) in [7, 11) is -2.87. The minimum absolute atomic E-state index is 0.0698. The molecule has 0 bridgehead atoms. The van der Waals surface area contributed by atoms with E-state index in [9.17, 15) is 13.9 Å². The van der Waals surface area contributed by atoms with Crippen LogP contribution in [0.1, 0.15) is 41.2 Å². The summed E-state index contributed by atoms with van der Waals surface area (Å²) in [5, 5.41) is 18.0. The zero-order chi connectivity index (χ0) is 19.2. The summed E-state index contributed by atoms with van der Waals surface area (Å²) in [6.45, 7) is 0. The molecule has 0 spiro atoms. The fourth-order valence-electron chi connectivity index (χ4n) is 3.29. The number of aromatic nitrogens is 2. The Hall–Kier alpha value is -2.80. The summed E-state index contributed by atoms with van der Waals surface area (Å²) in [6.07, 6.45) is 5.66. The number of hydrogen-bond donors (Lipinski definition) is 4. The number of anilines is 2. The summed E-state index contributed by atoms with van der Waals surface area (Å²) in [5.41, 5.74) is 7.09. The molecule has 1 aromatic heterocycles. The predicted octanol–water partition coefficient (Wildman–Crippen LogP) is 3.68. The largest absolute Gasteiger partial charge is 0.365 e. The molecule has 0 saturated heterocycles. The molecule has 8 nitrogen and oxygen atoms in total. The van der Waals surface area contributed by atoms with Crippen LogP contribution in [0.15, 0.2) is 34.7 Å². The van der Waals surface area contributed by atoms with E-state index in [1.165, 1.54) is 5.41 Å². The molecular formula is C18H19N5O3S. The van der Waals surface area contributed by atoms with E-state index in [1.54, 1.807) is 35.2 Å². The van der Waals surface area contributed by atoms with Gasteiger partial charge in [-0.3, -0.25) is 18.6 Å². The molecule has 1 aliphatic heterocycles. The summed E-state index contributed by atoms with van der Waals surface area (Å²) >= 11 is 0. The van der Waals surface area contributed by atoms with Crippen LogP contribution in [0.4, 0.5) is 11.5 Å². The number of nitrogens with two attached hydrogens (primary N) is 1. The summed E-state index contributed by atoms with van der Waals surface area (Å²) < 4.78 is 21.6. The van der Waals surface area contributed by atoms with Crippen LogP contribution in [0.2, 0.25) is 0 Å². The quantitative estimate of drug-likeness (QED) is 0.598. The van der Waals surface area contributed by atoms with E-state index in [-0.39, 0.29) is 11.6 Å². The second-order valence-corrected chi connectivity index (χ2v) is 8.67. The van der Waals surface area contributed by atoms with Gasteiger partial charge >= 0.3 is 0 Å². The molecule has 1 atom stereocenters. The van der Waals surface area contributed by atoms with Gasteiger partial charge in [0, 0.05) is 22.9 Å². The Bertz CT molecular complexity index is 987. The van der Waals surface area contributed by atoms with Gasteiger partial charge in [-0.15, -0.1) is 10.6 Å². The van der Waals surface area contributed by atoms with E-state index in [0.29, 0.717) is 34.3 Å². The third-order valence-corrected chi connectivity index (χ3v) is 6.37. The third-order valence-electron chi connectivity index (χ3n) is 4.84. The van der Waals surface area contributed by atoms with E-state index in [0.717, 1.165) is 12.8 Å². The lowest BCUT2D eigenvalue weighted by Gasteiger charge is -2.25. The van der Waals surface area contributed by atoms with Crippen molar-refractivity contribution in [1.29, 1.82) is 5.26 Å². The molecule has 27 heavy (non-hydrogen) atoms. The fraction of sp³-hybridized carbons (Fsp3) is 0.278. The number of nitrogens with one attached hydrogen (secondary N) is 1. The normalized spacial score (nSPS) is 19.1. The first-order chi connectivity index (χ1) is 12.9. The number of carbonyl (C=O) groups excluding carboxylic acids is 1. The first kappa shape index (κ1) is 17.6. The van der Waals surface area contributed by atoms with Gasteiger partial charge in [-0.2, -0.15) is 10.4 Å². The van der Waals surface area contributed by atoms with Crippen molar-refractivity contribution in [2.24, 2.45) is 11.7 Å². The number of nitriles is 1. The van der Waals surface area contributed by atoms with Gasteiger partial charge in [-0.25, -0.2) is 0 Å².